The number of nitrogens with zero attached hydrogens (tertiary/aromatic N) is 2. The van der Waals surface area contributed by atoms with Gasteiger partial charge in [-0.05, 0) is 24.3 Å². The maximum atomic E-state index is 13.9. The molecule has 0 saturated carbocycles. The molecule has 0 spiro atoms. The van der Waals surface area contributed by atoms with Gasteiger partial charge in [0, 0.05) is 26.1 Å². The van der Waals surface area contributed by atoms with E-state index in [0.717, 1.165) is 0 Å². The number of nitrogens with one attached hydrogen (secondary N) is 2. The molecular weight excluding hydrogens is 366 g/mol. The summed E-state index contributed by atoms with van der Waals surface area (Å²) in [6.45, 7) is 0.619. The van der Waals surface area contributed by atoms with Gasteiger partial charge in [-0.2, -0.15) is 5.26 Å². The van der Waals surface area contributed by atoms with Crippen LogP contribution in [0.25, 0.3) is 0 Å². The van der Waals surface area contributed by atoms with Crippen LogP contribution in [0.3, 0.4) is 0 Å². The summed E-state index contributed by atoms with van der Waals surface area (Å²) in [5.41, 5.74) is 0.425. The lowest BCUT2D eigenvalue weighted by Crippen LogP contribution is -2.35. The number of anilines is 2. The molecule has 0 radical (unpaired) electrons. The van der Waals surface area contributed by atoms with Crippen LogP contribution in [-0.2, 0) is 9.59 Å². The highest BCUT2D eigenvalue weighted by atomic mass is 19.1. The molecule has 1 heterocycles. The second kappa shape index (κ2) is 8.48. The molecule has 0 aromatic heterocycles. The van der Waals surface area contributed by atoms with E-state index >= 15 is 0 Å². The van der Waals surface area contributed by atoms with Gasteiger partial charge in [0.2, 0.25) is 11.8 Å². The van der Waals surface area contributed by atoms with Crippen molar-refractivity contribution in [1.29, 1.82) is 5.26 Å². The first kappa shape index (κ1) is 19.3. The number of hydrogen-bond donors (Lipinski definition) is 2. The van der Waals surface area contributed by atoms with E-state index in [9.17, 15) is 18.4 Å². The molecule has 1 unspecified atom stereocenters. The van der Waals surface area contributed by atoms with Gasteiger partial charge in [0.05, 0.1) is 17.3 Å². The zero-order chi connectivity index (χ0) is 20.1. The maximum Gasteiger partial charge on any atom is 0.227 e. The minimum atomic E-state index is -0.616. The predicted molar refractivity (Wildman–Crippen MR) is 99.5 cm³/mol. The number of hydrogen-bond acceptors (Lipinski definition) is 4. The summed E-state index contributed by atoms with van der Waals surface area (Å²) in [6, 6.07) is 12.0. The topological polar surface area (TPSA) is 85.2 Å². The average molecular weight is 384 g/mol. The van der Waals surface area contributed by atoms with E-state index in [0.29, 0.717) is 5.69 Å². The molecular formula is C20H18F2N4O2. The zero-order valence-electron chi connectivity index (χ0n) is 14.9. The lowest BCUT2D eigenvalue weighted by atomic mass is 10.1. The number of amides is 2. The molecule has 8 heteroatoms. The highest BCUT2D eigenvalue weighted by Gasteiger charge is 2.35. The Morgan fingerprint density at radius 2 is 1.89 bits per heavy atom. The Morgan fingerprint density at radius 1 is 1.14 bits per heavy atom. The molecule has 2 amide bonds. The summed E-state index contributed by atoms with van der Waals surface area (Å²) >= 11 is 0. The summed E-state index contributed by atoms with van der Waals surface area (Å²) in [6.07, 6.45) is 0.00999. The smallest absolute Gasteiger partial charge is 0.227 e. The first-order chi connectivity index (χ1) is 13.5. The quantitative estimate of drug-likeness (QED) is 0.749. The van der Waals surface area contributed by atoms with Gasteiger partial charge in [-0.25, -0.2) is 8.78 Å². The van der Waals surface area contributed by atoms with Crippen LogP contribution in [0.1, 0.15) is 12.0 Å². The van der Waals surface area contributed by atoms with Crippen molar-refractivity contribution in [3.05, 3.63) is 59.7 Å². The Labute approximate surface area is 160 Å². The number of halogens is 2. The van der Waals surface area contributed by atoms with Crippen LogP contribution in [0.2, 0.25) is 0 Å². The van der Waals surface area contributed by atoms with Crippen molar-refractivity contribution in [2.75, 3.05) is 29.9 Å². The molecule has 0 aliphatic carbocycles. The fourth-order valence-corrected chi connectivity index (χ4v) is 3.10. The molecule has 3 rings (SSSR count). The summed E-state index contributed by atoms with van der Waals surface area (Å²) in [4.78, 5) is 25.8. The van der Waals surface area contributed by atoms with E-state index in [2.05, 4.69) is 10.6 Å². The Hall–Kier alpha value is -3.47. The Bertz CT molecular complexity index is 942. The second-order valence-corrected chi connectivity index (χ2v) is 6.35. The lowest BCUT2D eigenvalue weighted by Gasteiger charge is -2.17. The molecule has 28 heavy (non-hydrogen) atoms. The number of benzene rings is 2. The molecule has 1 saturated heterocycles. The Balaban J connectivity index is 1.51. The number of carbonyl (C=O) groups excluding carboxylic acids is 2. The van der Waals surface area contributed by atoms with Crippen molar-refractivity contribution in [3.8, 4) is 6.07 Å². The van der Waals surface area contributed by atoms with Gasteiger partial charge < -0.3 is 15.5 Å². The third-order valence-electron chi connectivity index (χ3n) is 4.50. The van der Waals surface area contributed by atoms with Crippen molar-refractivity contribution >= 4 is 23.2 Å². The standard InChI is InChI=1S/C20H18F2N4O2/c21-15-5-3-6-17(14(15)11-23)24-8-9-25-20(28)13-10-19(27)26(12-13)18-7-2-1-4-16(18)22/h1-7,13,24H,8-10,12H2,(H,25,28). The minimum Gasteiger partial charge on any atom is -0.382 e. The van der Waals surface area contributed by atoms with E-state index in [-0.39, 0.29) is 49.1 Å². The summed E-state index contributed by atoms with van der Waals surface area (Å²) in [5.74, 6) is -2.31. The third kappa shape index (κ3) is 4.09. The highest BCUT2D eigenvalue weighted by molar-refractivity contribution is 6.00. The summed E-state index contributed by atoms with van der Waals surface area (Å²) in [5, 5.41) is 14.6. The first-order valence-corrected chi connectivity index (χ1v) is 8.76. The third-order valence-corrected chi connectivity index (χ3v) is 4.50. The van der Waals surface area contributed by atoms with Crippen LogP contribution >= 0.6 is 0 Å². The van der Waals surface area contributed by atoms with Gasteiger partial charge >= 0.3 is 0 Å². The van der Waals surface area contributed by atoms with Crippen LogP contribution in [0, 0.1) is 28.9 Å². The van der Waals surface area contributed by atoms with Crippen molar-refractivity contribution in [3.63, 3.8) is 0 Å². The van der Waals surface area contributed by atoms with Crippen LogP contribution in [0.5, 0.6) is 0 Å². The van der Waals surface area contributed by atoms with Crippen LogP contribution in [0.4, 0.5) is 20.2 Å². The Morgan fingerprint density at radius 3 is 2.64 bits per heavy atom. The zero-order valence-corrected chi connectivity index (χ0v) is 14.9. The van der Waals surface area contributed by atoms with Gasteiger partial charge in [-0.3, -0.25) is 9.59 Å². The van der Waals surface area contributed by atoms with Gasteiger partial charge in [-0.15, -0.1) is 0 Å². The van der Waals surface area contributed by atoms with Crippen LogP contribution in [0.15, 0.2) is 42.5 Å². The number of nitriles is 1. The molecule has 1 fully saturated rings. The molecule has 1 aliphatic heterocycles. The predicted octanol–water partition coefficient (Wildman–Crippen LogP) is 2.42. The maximum absolute atomic E-state index is 13.9. The summed E-state index contributed by atoms with van der Waals surface area (Å²) < 4.78 is 27.4. The first-order valence-electron chi connectivity index (χ1n) is 8.76. The van der Waals surface area contributed by atoms with Gasteiger partial charge in [-0.1, -0.05) is 18.2 Å². The largest absolute Gasteiger partial charge is 0.382 e. The molecule has 0 bridgehead atoms. The molecule has 2 N–H and O–H groups in total. The van der Waals surface area contributed by atoms with E-state index in [1.165, 1.54) is 35.2 Å². The molecule has 2 aromatic rings. The molecule has 1 atom stereocenters. The highest BCUT2D eigenvalue weighted by Crippen LogP contribution is 2.27. The second-order valence-electron chi connectivity index (χ2n) is 6.35. The van der Waals surface area contributed by atoms with E-state index in [1.807, 2.05) is 0 Å². The van der Waals surface area contributed by atoms with Crippen molar-refractivity contribution < 1.29 is 18.4 Å². The van der Waals surface area contributed by atoms with E-state index < -0.39 is 17.6 Å². The van der Waals surface area contributed by atoms with Gasteiger partial charge in [0.15, 0.2) is 0 Å². The van der Waals surface area contributed by atoms with Crippen LogP contribution in [-0.4, -0.2) is 31.4 Å². The van der Waals surface area contributed by atoms with Crippen molar-refractivity contribution in [1.82, 2.24) is 5.32 Å². The summed E-state index contributed by atoms with van der Waals surface area (Å²) in [7, 11) is 0. The number of carbonyl (C=O) groups is 2. The van der Waals surface area contributed by atoms with E-state index in [4.69, 9.17) is 5.26 Å². The monoisotopic (exact) mass is 384 g/mol. The minimum absolute atomic E-state index is 0.00999. The fourth-order valence-electron chi connectivity index (χ4n) is 3.10. The van der Waals surface area contributed by atoms with Crippen molar-refractivity contribution in [2.45, 2.75) is 6.42 Å². The fraction of sp³-hybridized carbons (Fsp3) is 0.250. The molecule has 144 valence electrons. The number of para-hydroxylation sites is 1. The van der Waals surface area contributed by atoms with Crippen LogP contribution < -0.4 is 15.5 Å². The molecule has 6 nitrogen and oxygen atoms in total. The van der Waals surface area contributed by atoms with Crippen molar-refractivity contribution in [2.24, 2.45) is 5.92 Å². The number of rotatable bonds is 6. The lowest BCUT2D eigenvalue weighted by molar-refractivity contribution is -0.126. The molecule has 2 aromatic carbocycles. The normalized spacial score (nSPS) is 16.0. The SMILES string of the molecule is N#Cc1c(F)cccc1NCCNC(=O)C1CC(=O)N(c2ccccc2F)C1. The average Bonchev–Trinajstić information content (AvgIpc) is 3.07. The molecule has 1 aliphatic rings. The Kier molecular flexibility index (Phi) is 5.84. The van der Waals surface area contributed by atoms with Gasteiger partial charge in [0.25, 0.3) is 0 Å². The van der Waals surface area contributed by atoms with Gasteiger partial charge in [0.1, 0.15) is 23.3 Å². The van der Waals surface area contributed by atoms with E-state index in [1.54, 1.807) is 18.2 Å².